The molecule has 0 aromatic heterocycles. The number of benzene rings is 1. The Kier molecular flexibility index (Phi) is 2.42. The summed E-state index contributed by atoms with van der Waals surface area (Å²) in [4.78, 5) is 0. The van der Waals surface area contributed by atoms with Crippen molar-refractivity contribution in [2.45, 2.75) is 6.10 Å². The third-order valence-corrected chi connectivity index (χ3v) is 2.47. The largest absolute Gasteiger partial charge is 0.485 e. The monoisotopic (exact) mass is 244 g/mol. The molecule has 1 aliphatic rings. The maximum atomic E-state index is 8.87. The molecule has 1 aromatic carbocycles. The number of fused-ring (bicyclic) bond motifs is 1. The molecule has 0 bridgehead atoms. The molecule has 0 unspecified atom stereocenters. The highest BCUT2D eigenvalue weighted by molar-refractivity contribution is 9.10. The predicted molar refractivity (Wildman–Crippen MR) is 51.1 cm³/mol. The van der Waals surface area contributed by atoms with Gasteiger partial charge in [0, 0.05) is 0 Å². The van der Waals surface area contributed by atoms with Crippen LogP contribution in [-0.2, 0) is 0 Å². The highest BCUT2D eigenvalue weighted by Crippen LogP contribution is 2.37. The van der Waals surface area contributed by atoms with Gasteiger partial charge in [-0.1, -0.05) is 6.07 Å². The van der Waals surface area contributed by atoms with Crippen LogP contribution in [0.15, 0.2) is 22.7 Å². The van der Waals surface area contributed by atoms with E-state index in [1.165, 1.54) is 0 Å². The van der Waals surface area contributed by atoms with Gasteiger partial charge in [0.1, 0.15) is 6.61 Å². The number of ether oxygens (including phenoxy) is 2. The number of hydrogen-bond acceptors (Lipinski definition) is 3. The van der Waals surface area contributed by atoms with Gasteiger partial charge in [0.2, 0.25) is 0 Å². The fourth-order valence-corrected chi connectivity index (χ4v) is 1.66. The molecule has 70 valence electrons. The van der Waals surface area contributed by atoms with E-state index in [2.05, 4.69) is 15.9 Å². The number of aliphatic hydroxyl groups excluding tert-OH is 1. The lowest BCUT2D eigenvalue weighted by atomic mass is 10.3. The molecule has 0 radical (unpaired) electrons. The Morgan fingerprint density at radius 3 is 3.15 bits per heavy atom. The lowest BCUT2D eigenvalue weighted by Crippen LogP contribution is -2.32. The average molecular weight is 245 g/mol. The van der Waals surface area contributed by atoms with E-state index in [9.17, 15) is 0 Å². The molecule has 4 heteroatoms. The van der Waals surface area contributed by atoms with Crippen LogP contribution in [0.4, 0.5) is 0 Å². The molecule has 13 heavy (non-hydrogen) atoms. The van der Waals surface area contributed by atoms with Crippen LogP contribution in [0.25, 0.3) is 0 Å². The van der Waals surface area contributed by atoms with Gasteiger partial charge in [-0.2, -0.15) is 0 Å². The molecule has 0 saturated carbocycles. The van der Waals surface area contributed by atoms with Gasteiger partial charge in [-0.15, -0.1) is 0 Å². The van der Waals surface area contributed by atoms with Crippen molar-refractivity contribution in [3.63, 3.8) is 0 Å². The van der Waals surface area contributed by atoms with Crippen LogP contribution in [0.3, 0.4) is 0 Å². The highest BCUT2D eigenvalue weighted by Gasteiger charge is 2.21. The number of hydrogen-bond donors (Lipinski definition) is 1. The SMILES string of the molecule is OC[C@H]1COc2c(Br)cccc2O1. The minimum atomic E-state index is -0.248. The van der Waals surface area contributed by atoms with Crippen LogP contribution in [0.1, 0.15) is 0 Å². The van der Waals surface area contributed by atoms with Crippen LogP contribution < -0.4 is 9.47 Å². The molecule has 0 amide bonds. The summed E-state index contributed by atoms with van der Waals surface area (Å²) in [5.41, 5.74) is 0. The van der Waals surface area contributed by atoms with Gasteiger partial charge in [-0.3, -0.25) is 0 Å². The zero-order valence-corrected chi connectivity index (χ0v) is 8.45. The van der Waals surface area contributed by atoms with Crippen molar-refractivity contribution in [2.75, 3.05) is 13.2 Å². The molecular formula is C9H9BrO3. The average Bonchev–Trinajstić information content (AvgIpc) is 2.18. The maximum absolute atomic E-state index is 8.87. The van der Waals surface area contributed by atoms with Gasteiger partial charge in [-0.25, -0.2) is 0 Å². The van der Waals surface area contributed by atoms with Crippen molar-refractivity contribution in [1.82, 2.24) is 0 Å². The van der Waals surface area contributed by atoms with E-state index in [0.717, 1.165) is 4.47 Å². The second-order valence-corrected chi connectivity index (χ2v) is 3.65. The molecule has 1 aliphatic heterocycles. The zero-order chi connectivity index (χ0) is 9.26. The van der Waals surface area contributed by atoms with E-state index >= 15 is 0 Å². The second-order valence-electron chi connectivity index (χ2n) is 2.80. The highest BCUT2D eigenvalue weighted by atomic mass is 79.9. The van der Waals surface area contributed by atoms with E-state index in [0.29, 0.717) is 18.1 Å². The summed E-state index contributed by atoms with van der Waals surface area (Å²) < 4.78 is 11.8. The van der Waals surface area contributed by atoms with Gasteiger partial charge in [0.15, 0.2) is 17.6 Å². The molecule has 2 rings (SSSR count). The van der Waals surface area contributed by atoms with Gasteiger partial charge >= 0.3 is 0 Å². The van der Waals surface area contributed by atoms with E-state index in [1.54, 1.807) is 0 Å². The van der Waals surface area contributed by atoms with Crippen molar-refractivity contribution in [2.24, 2.45) is 0 Å². The topological polar surface area (TPSA) is 38.7 Å². The predicted octanol–water partition coefficient (Wildman–Crippen LogP) is 1.58. The molecule has 0 fully saturated rings. The Hall–Kier alpha value is -0.740. The van der Waals surface area contributed by atoms with E-state index in [4.69, 9.17) is 14.6 Å². The van der Waals surface area contributed by atoms with Crippen LogP contribution >= 0.6 is 15.9 Å². The quantitative estimate of drug-likeness (QED) is 0.816. The van der Waals surface area contributed by atoms with Gasteiger partial charge in [0.25, 0.3) is 0 Å². The lowest BCUT2D eigenvalue weighted by molar-refractivity contribution is 0.0451. The van der Waals surface area contributed by atoms with Crippen molar-refractivity contribution in [1.29, 1.82) is 0 Å². The summed E-state index contributed by atoms with van der Waals surface area (Å²) in [5.74, 6) is 1.40. The Labute approximate surface area is 84.4 Å². The Morgan fingerprint density at radius 2 is 2.38 bits per heavy atom. The summed E-state index contributed by atoms with van der Waals surface area (Å²) >= 11 is 3.36. The summed E-state index contributed by atoms with van der Waals surface area (Å²) in [6.45, 7) is 0.373. The molecule has 1 atom stereocenters. The number of aliphatic hydroxyl groups is 1. The number of rotatable bonds is 1. The second kappa shape index (κ2) is 3.55. The van der Waals surface area contributed by atoms with Crippen molar-refractivity contribution in [3.8, 4) is 11.5 Å². The molecule has 3 nitrogen and oxygen atoms in total. The van der Waals surface area contributed by atoms with E-state index in [1.807, 2.05) is 18.2 Å². The zero-order valence-electron chi connectivity index (χ0n) is 6.87. The van der Waals surface area contributed by atoms with E-state index < -0.39 is 0 Å². The minimum Gasteiger partial charge on any atom is -0.485 e. The Bertz CT molecular complexity index is 314. The van der Waals surface area contributed by atoms with Gasteiger partial charge in [-0.05, 0) is 28.1 Å². The molecule has 0 saturated heterocycles. The molecule has 1 aromatic rings. The first-order chi connectivity index (χ1) is 6.31. The smallest absolute Gasteiger partial charge is 0.175 e. The normalized spacial score (nSPS) is 20.0. The Balaban J connectivity index is 2.31. The molecule has 1 N–H and O–H groups in total. The van der Waals surface area contributed by atoms with E-state index in [-0.39, 0.29) is 12.7 Å². The molecule has 0 aliphatic carbocycles. The standard InChI is InChI=1S/C9H9BrO3/c10-7-2-1-3-8-9(7)12-5-6(4-11)13-8/h1-3,6,11H,4-5H2/t6-/m0/s1. The van der Waals surface area contributed by atoms with Crippen LogP contribution in [0.2, 0.25) is 0 Å². The van der Waals surface area contributed by atoms with Crippen LogP contribution in [0, 0.1) is 0 Å². The fourth-order valence-electron chi connectivity index (χ4n) is 1.20. The lowest BCUT2D eigenvalue weighted by Gasteiger charge is -2.25. The van der Waals surface area contributed by atoms with Gasteiger partial charge in [0.05, 0.1) is 11.1 Å². The third kappa shape index (κ3) is 1.64. The van der Waals surface area contributed by atoms with Crippen LogP contribution in [0.5, 0.6) is 11.5 Å². The summed E-state index contributed by atoms with van der Waals surface area (Å²) in [5, 5.41) is 8.87. The van der Waals surface area contributed by atoms with Crippen LogP contribution in [-0.4, -0.2) is 24.4 Å². The van der Waals surface area contributed by atoms with Crippen molar-refractivity contribution >= 4 is 15.9 Å². The summed E-state index contributed by atoms with van der Waals surface area (Å²) in [7, 11) is 0. The number of halogens is 1. The molecule has 1 heterocycles. The first-order valence-electron chi connectivity index (χ1n) is 4.00. The van der Waals surface area contributed by atoms with Crippen molar-refractivity contribution in [3.05, 3.63) is 22.7 Å². The number of para-hydroxylation sites is 1. The first-order valence-corrected chi connectivity index (χ1v) is 4.79. The maximum Gasteiger partial charge on any atom is 0.175 e. The summed E-state index contributed by atoms with van der Waals surface area (Å²) in [6, 6.07) is 5.58. The third-order valence-electron chi connectivity index (χ3n) is 1.84. The first kappa shape index (κ1) is 8.84. The minimum absolute atomic E-state index is 0.0219. The van der Waals surface area contributed by atoms with Crippen molar-refractivity contribution < 1.29 is 14.6 Å². The molecule has 0 spiro atoms. The van der Waals surface area contributed by atoms with Gasteiger partial charge < -0.3 is 14.6 Å². The molecular weight excluding hydrogens is 236 g/mol. The summed E-state index contributed by atoms with van der Waals surface area (Å²) in [6.07, 6.45) is -0.248. The fraction of sp³-hybridized carbons (Fsp3) is 0.333. The Morgan fingerprint density at radius 1 is 1.54 bits per heavy atom.